The highest BCUT2D eigenvalue weighted by atomic mass is 16.5. The number of anilines is 3. The van der Waals surface area contributed by atoms with Crippen LogP contribution in [0.2, 0.25) is 0 Å². The second-order valence-electron chi connectivity index (χ2n) is 3.06. The van der Waals surface area contributed by atoms with Crippen molar-refractivity contribution >= 4 is 17.8 Å². The zero-order valence-electron chi connectivity index (χ0n) is 10.4. The molecule has 0 amide bonds. The molecule has 0 bridgehead atoms. The molecular weight excluding hydrogens is 240 g/mol. The quantitative estimate of drug-likeness (QED) is 0.348. The second-order valence-corrected chi connectivity index (χ2v) is 3.06. The van der Waals surface area contributed by atoms with Crippen LogP contribution in [-0.4, -0.2) is 54.0 Å². The third-order valence-corrected chi connectivity index (χ3v) is 1.78. The Kier molecular flexibility index (Phi) is 6.69. The maximum atomic E-state index is 8.79. The minimum atomic E-state index is -0.265. The Morgan fingerprint density at radius 1 is 1.00 bits per heavy atom. The first-order chi connectivity index (χ1) is 8.80. The van der Waals surface area contributed by atoms with E-state index in [9.17, 15) is 0 Å². The van der Waals surface area contributed by atoms with E-state index in [1.54, 1.807) is 7.11 Å². The number of ether oxygens (including phenoxy) is 2. The SMILES string of the molecule is CCOCNc1nc(NCO)nc(NCOC)n1. The topological polar surface area (TPSA) is 113 Å². The van der Waals surface area contributed by atoms with E-state index in [2.05, 4.69) is 30.9 Å². The zero-order chi connectivity index (χ0) is 13.2. The van der Waals surface area contributed by atoms with Crippen LogP contribution < -0.4 is 16.0 Å². The molecule has 0 aliphatic carbocycles. The summed E-state index contributed by atoms with van der Waals surface area (Å²) in [7, 11) is 1.55. The van der Waals surface area contributed by atoms with Gasteiger partial charge in [-0.05, 0) is 6.92 Å². The molecule has 1 heterocycles. The number of nitrogens with one attached hydrogen (secondary N) is 3. The highest BCUT2D eigenvalue weighted by Crippen LogP contribution is 2.08. The lowest BCUT2D eigenvalue weighted by molar-refractivity contribution is 0.166. The van der Waals surface area contributed by atoms with Crippen molar-refractivity contribution in [3.63, 3.8) is 0 Å². The Labute approximate surface area is 105 Å². The van der Waals surface area contributed by atoms with Crippen molar-refractivity contribution in [3.8, 4) is 0 Å². The van der Waals surface area contributed by atoms with Crippen LogP contribution in [0.15, 0.2) is 0 Å². The van der Waals surface area contributed by atoms with Gasteiger partial charge in [-0.2, -0.15) is 15.0 Å². The molecule has 0 radical (unpaired) electrons. The number of methoxy groups -OCH3 is 1. The van der Waals surface area contributed by atoms with Crippen molar-refractivity contribution in [2.24, 2.45) is 0 Å². The number of aliphatic hydroxyl groups is 1. The Bertz CT molecular complexity index is 351. The molecule has 0 aromatic carbocycles. The Morgan fingerprint density at radius 3 is 2.06 bits per heavy atom. The Morgan fingerprint density at radius 2 is 1.56 bits per heavy atom. The van der Waals surface area contributed by atoms with Crippen LogP contribution >= 0.6 is 0 Å². The van der Waals surface area contributed by atoms with Crippen molar-refractivity contribution in [1.82, 2.24) is 15.0 Å². The first kappa shape index (κ1) is 14.4. The number of aliphatic hydroxyl groups excluding tert-OH is 1. The molecule has 1 rings (SSSR count). The lowest BCUT2D eigenvalue weighted by Gasteiger charge is -2.09. The van der Waals surface area contributed by atoms with Gasteiger partial charge in [-0.25, -0.2) is 0 Å². The summed E-state index contributed by atoms with van der Waals surface area (Å²) < 4.78 is 9.99. The monoisotopic (exact) mass is 258 g/mol. The van der Waals surface area contributed by atoms with Crippen LogP contribution in [0, 0.1) is 0 Å². The van der Waals surface area contributed by atoms with Gasteiger partial charge < -0.3 is 30.5 Å². The third-order valence-electron chi connectivity index (χ3n) is 1.78. The second kappa shape index (κ2) is 8.39. The van der Waals surface area contributed by atoms with Gasteiger partial charge in [0.1, 0.15) is 20.2 Å². The van der Waals surface area contributed by atoms with Crippen LogP contribution in [0.4, 0.5) is 17.8 Å². The van der Waals surface area contributed by atoms with E-state index in [1.165, 1.54) is 0 Å². The average Bonchev–Trinajstić information content (AvgIpc) is 2.37. The number of nitrogens with zero attached hydrogens (tertiary/aromatic N) is 3. The lowest BCUT2D eigenvalue weighted by Crippen LogP contribution is -2.15. The van der Waals surface area contributed by atoms with E-state index < -0.39 is 0 Å². The van der Waals surface area contributed by atoms with Gasteiger partial charge in [0.25, 0.3) is 0 Å². The summed E-state index contributed by atoms with van der Waals surface area (Å²) in [6.45, 7) is 2.78. The number of aromatic nitrogens is 3. The summed E-state index contributed by atoms with van der Waals surface area (Å²) >= 11 is 0. The molecule has 9 nitrogen and oxygen atoms in total. The first-order valence-electron chi connectivity index (χ1n) is 5.45. The summed E-state index contributed by atoms with van der Waals surface area (Å²) in [4.78, 5) is 12.2. The fraction of sp³-hybridized carbons (Fsp3) is 0.667. The summed E-state index contributed by atoms with van der Waals surface area (Å²) in [6, 6.07) is 0. The normalized spacial score (nSPS) is 10.2. The fourth-order valence-corrected chi connectivity index (χ4v) is 1.04. The summed E-state index contributed by atoms with van der Waals surface area (Å²) in [5.74, 6) is 0.930. The number of rotatable bonds is 9. The standard InChI is InChI=1S/C9H18N6O3/c1-3-18-6-12-9-14-7(10-4-16)13-8(15-9)11-5-17-2/h16H,3-6H2,1-2H3,(H3,10,11,12,13,14,15). The molecule has 1 aromatic heterocycles. The molecule has 0 aliphatic heterocycles. The highest BCUT2D eigenvalue weighted by Gasteiger charge is 2.05. The number of hydrogen-bond acceptors (Lipinski definition) is 9. The van der Waals surface area contributed by atoms with E-state index in [0.717, 1.165) is 0 Å². The molecule has 0 atom stereocenters. The van der Waals surface area contributed by atoms with Crippen molar-refractivity contribution in [2.45, 2.75) is 6.92 Å². The zero-order valence-corrected chi connectivity index (χ0v) is 10.4. The molecule has 102 valence electrons. The molecule has 0 fully saturated rings. The Balaban J connectivity index is 2.70. The van der Waals surface area contributed by atoms with Crippen LogP contribution in [0.5, 0.6) is 0 Å². The van der Waals surface area contributed by atoms with Gasteiger partial charge in [0.2, 0.25) is 17.8 Å². The molecule has 0 saturated heterocycles. The largest absolute Gasteiger partial charge is 0.376 e. The molecule has 18 heavy (non-hydrogen) atoms. The van der Waals surface area contributed by atoms with Crippen molar-refractivity contribution < 1.29 is 14.6 Å². The molecule has 0 unspecified atom stereocenters. The van der Waals surface area contributed by atoms with Gasteiger partial charge >= 0.3 is 0 Å². The first-order valence-corrected chi connectivity index (χ1v) is 5.45. The van der Waals surface area contributed by atoms with Gasteiger partial charge in [-0.15, -0.1) is 0 Å². The maximum Gasteiger partial charge on any atom is 0.231 e. The maximum absolute atomic E-state index is 8.79. The molecule has 0 saturated carbocycles. The fourth-order valence-electron chi connectivity index (χ4n) is 1.04. The number of hydrogen-bond donors (Lipinski definition) is 4. The van der Waals surface area contributed by atoms with Crippen molar-refractivity contribution in [2.75, 3.05) is 49.9 Å². The van der Waals surface area contributed by atoms with E-state index >= 15 is 0 Å². The predicted molar refractivity (Wildman–Crippen MR) is 66.1 cm³/mol. The van der Waals surface area contributed by atoms with Crippen molar-refractivity contribution in [3.05, 3.63) is 0 Å². The summed E-state index contributed by atoms with van der Waals surface area (Å²) in [5, 5.41) is 17.1. The van der Waals surface area contributed by atoms with Gasteiger partial charge in [-0.3, -0.25) is 0 Å². The minimum absolute atomic E-state index is 0.255. The molecule has 1 aromatic rings. The average molecular weight is 258 g/mol. The lowest BCUT2D eigenvalue weighted by atomic mass is 10.8. The highest BCUT2D eigenvalue weighted by molar-refractivity contribution is 5.41. The van der Waals surface area contributed by atoms with Gasteiger partial charge in [-0.1, -0.05) is 0 Å². The van der Waals surface area contributed by atoms with E-state index in [1.807, 2.05) is 6.92 Å². The van der Waals surface area contributed by atoms with Gasteiger partial charge in [0.05, 0.1) is 0 Å². The van der Waals surface area contributed by atoms with Gasteiger partial charge in [0, 0.05) is 13.7 Å². The minimum Gasteiger partial charge on any atom is -0.376 e. The van der Waals surface area contributed by atoms with Crippen LogP contribution in [-0.2, 0) is 9.47 Å². The van der Waals surface area contributed by atoms with Crippen LogP contribution in [0.1, 0.15) is 6.92 Å². The Hall–Kier alpha value is -1.71. The van der Waals surface area contributed by atoms with E-state index in [0.29, 0.717) is 25.2 Å². The van der Waals surface area contributed by atoms with E-state index in [4.69, 9.17) is 14.6 Å². The smallest absolute Gasteiger partial charge is 0.231 e. The molecule has 0 spiro atoms. The van der Waals surface area contributed by atoms with Gasteiger partial charge in [0.15, 0.2) is 0 Å². The summed E-state index contributed by atoms with van der Waals surface area (Å²) in [5.41, 5.74) is 0. The van der Waals surface area contributed by atoms with Crippen molar-refractivity contribution in [1.29, 1.82) is 0 Å². The molecule has 4 N–H and O–H groups in total. The molecule has 0 aliphatic rings. The van der Waals surface area contributed by atoms with E-state index in [-0.39, 0.29) is 19.4 Å². The molecule has 9 heteroatoms. The summed E-state index contributed by atoms with van der Waals surface area (Å²) in [6.07, 6.45) is 0. The predicted octanol–water partition coefficient (Wildman–Crippen LogP) is -0.345. The third kappa shape index (κ3) is 5.08. The molecular formula is C9H18N6O3. The van der Waals surface area contributed by atoms with Crippen LogP contribution in [0.25, 0.3) is 0 Å². The van der Waals surface area contributed by atoms with Crippen LogP contribution in [0.3, 0.4) is 0 Å².